The molecule has 1 amide bonds. The highest BCUT2D eigenvalue weighted by Gasteiger charge is 2.57. The number of nitrogens with one attached hydrogen (secondary N) is 1. The van der Waals surface area contributed by atoms with E-state index in [1.54, 1.807) is 0 Å². The van der Waals surface area contributed by atoms with Crippen LogP contribution < -0.4 is 11.1 Å². The zero-order valence-electron chi connectivity index (χ0n) is 22.0. The lowest BCUT2D eigenvalue weighted by molar-refractivity contribution is -0.333. The molecule has 19 nitrogen and oxygen atoms in total. The number of hydrogen-bond donors (Lipinski definition) is 8. The maximum absolute atomic E-state index is 11.8. The highest BCUT2D eigenvalue weighted by atomic mass is 16.7. The van der Waals surface area contributed by atoms with E-state index in [0.717, 1.165) is 0 Å². The van der Waals surface area contributed by atoms with E-state index in [-0.39, 0.29) is 6.42 Å². The Bertz CT molecular complexity index is 996. The van der Waals surface area contributed by atoms with Crippen LogP contribution in [-0.4, -0.2) is 134 Å². The smallest absolute Gasteiger partial charge is 0.219 e. The number of rotatable bonds is 9. The summed E-state index contributed by atoms with van der Waals surface area (Å²) in [4.78, 5) is 17.3. The van der Waals surface area contributed by atoms with Crippen LogP contribution in [0, 0.1) is 0 Å². The van der Waals surface area contributed by atoms with Crippen LogP contribution in [-0.2, 0) is 23.7 Å². The lowest BCUT2D eigenvalue weighted by Gasteiger charge is -2.48. The third-order valence-corrected chi connectivity index (χ3v) is 7.21. The van der Waals surface area contributed by atoms with Gasteiger partial charge in [-0.1, -0.05) is 10.2 Å². The van der Waals surface area contributed by atoms with Crippen molar-refractivity contribution in [1.29, 1.82) is 0 Å². The SMILES string of the molecule is CC(=O)N[C@@H]1CC(N=[N+]=[N-])[C@@H](O[C@H]2OC([C@@H](C)O)[C@@H](O)C(O)C2N=[N+]=[N-])C(O[C@]2(O)CO[C@H]([C@H](C)N)C2O)C1O. The molecule has 2 aliphatic heterocycles. The molecule has 15 atom stereocenters. The van der Waals surface area contributed by atoms with Gasteiger partial charge in [0.15, 0.2) is 6.29 Å². The Hall–Kier alpha value is -2.35. The first-order valence-corrected chi connectivity index (χ1v) is 12.6. The zero-order valence-corrected chi connectivity index (χ0v) is 22.0. The number of aliphatic hydroxyl groups excluding tert-OH is 5. The largest absolute Gasteiger partial charge is 0.391 e. The van der Waals surface area contributed by atoms with Crippen molar-refractivity contribution in [1.82, 2.24) is 5.32 Å². The third-order valence-electron chi connectivity index (χ3n) is 7.21. The minimum absolute atomic E-state index is 0.195. The molecule has 3 aliphatic rings. The van der Waals surface area contributed by atoms with Crippen LogP contribution in [0.5, 0.6) is 0 Å². The summed E-state index contributed by atoms with van der Waals surface area (Å²) in [6.07, 6.45) is -15.7. The zero-order chi connectivity index (χ0) is 29.9. The summed E-state index contributed by atoms with van der Waals surface area (Å²) in [6, 6.07) is -4.63. The first-order chi connectivity index (χ1) is 18.7. The minimum atomic E-state index is -2.44. The van der Waals surface area contributed by atoms with Crippen molar-refractivity contribution >= 4 is 5.91 Å². The predicted octanol–water partition coefficient (Wildman–Crippen LogP) is -2.99. The molecule has 7 unspecified atom stereocenters. The van der Waals surface area contributed by atoms with Crippen molar-refractivity contribution in [2.45, 2.75) is 118 Å². The number of azide groups is 2. The number of carbonyl (C=O) groups excluding carboxylic acids is 1. The second-order valence-corrected chi connectivity index (χ2v) is 10.3. The van der Waals surface area contributed by atoms with Gasteiger partial charge in [-0.15, -0.1) is 0 Å². The number of nitrogens with two attached hydrogens (primary N) is 1. The molecular weight excluding hydrogens is 540 g/mol. The van der Waals surface area contributed by atoms with Crippen molar-refractivity contribution in [3.05, 3.63) is 20.9 Å². The second-order valence-electron chi connectivity index (χ2n) is 10.3. The summed E-state index contributed by atoms with van der Waals surface area (Å²) in [5.41, 5.74) is 24.1. The number of aliphatic hydroxyl groups is 6. The summed E-state index contributed by atoms with van der Waals surface area (Å²) in [5, 5.41) is 73.8. The number of ether oxygens (including phenoxy) is 4. The molecule has 1 saturated carbocycles. The summed E-state index contributed by atoms with van der Waals surface area (Å²) >= 11 is 0. The molecule has 19 heteroatoms. The Morgan fingerprint density at radius 1 is 1.10 bits per heavy atom. The van der Waals surface area contributed by atoms with E-state index in [2.05, 4.69) is 25.4 Å². The maximum atomic E-state index is 11.8. The van der Waals surface area contributed by atoms with Crippen molar-refractivity contribution in [3.8, 4) is 0 Å². The van der Waals surface area contributed by atoms with Crippen molar-refractivity contribution in [2.75, 3.05) is 6.61 Å². The lowest BCUT2D eigenvalue weighted by atomic mass is 9.83. The van der Waals surface area contributed by atoms with Crippen LogP contribution in [0.15, 0.2) is 10.2 Å². The molecular formula is C21H36N8O11. The van der Waals surface area contributed by atoms with Crippen molar-refractivity contribution in [2.24, 2.45) is 16.0 Å². The quantitative estimate of drug-likeness (QED) is 0.0589. The molecule has 0 bridgehead atoms. The third kappa shape index (κ3) is 6.58. The van der Waals surface area contributed by atoms with Gasteiger partial charge in [-0.2, -0.15) is 0 Å². The fraction of sp³-hybridized carbons (Fsp3) is 0.952. The van der Waals surface area contributed by atoms with Crippen LogP contribution in [0.1, 0.15) is 27.2 Å². The fourth-order valence-electron chi connectivity index (χ4n) is 5.22. The van der Waals surface area contributed by atoms with Crippen LogP contribution >= 0.6 is 0 Å². The second kappa shape index (κ2) is 13.1. The molecule has 40 heavy (non-hydrogen) atoms. The molecule has 0 aromatic carbocycles. The Kier molecular flexibility index (Phi) is 10.5. The topological polar surface area (TPSA) is 311 Å². The van der Waals surface area contributed by atoms with Crippen LogP contribution in [0.25, 0.3) is 20.9 Å². The molecule has 0 radical (unpaired) electrons. The standard InChI is InChI=1S/C21H36N8O11/c1-6(22)15-19(35)21(36,5-37-15)40-18-12(32)9(25-8(3)31)4-10(26-28-23)17(18)39-20-11(27-29-24)13(33)14(34)16(38-20)7(2)30/h6-7,9-20,30,32-36H,4-5,22H2,1-3H3,(H,25,31)/t6-,7+,9+,10?,11?,12?,13?,14-,15+,16?,17+,18?,19?,20+,21+/m0/s1. The van der Waals surface area contributed by atoms with Crippen LogP contribution in [0.3, 0.4) is 0 Å². The Morgan fingerprint density at radius 2 is 1.75 bits per heavy atom. The highest BCUT2D eigenvalue weighted by molar-refractivity contribution is 5.73. The molecule has 1 aliphatic carbocycles. The van der Waals surface area contributed by atoms with E-state index in [1.807, 2.05) is 0 Å². The average molecular weight is 577 g/mol. The number of carbonyl (C=O) groups is 1. The van der Waals surface area contributed by atoms with Crippen molar-refractivity contribution < 1.29 is 54.4 Å². The van der Waals surface area contributed by atoms with E-state index < -0.39 is 104 Å². The fourth-order valence-corrected chi connectivity index (χ4v) is 5.22. The van der Waals surface area contributed by atoms with Gasteiger partial charge < -0.3 is 60.6 Å². The Morgan fingerprint density at radius 3 is 2.27 bits per heavy atom. The predicted molar refractivity (Wildman–Crippen MR) is 131 cm³/mol. The van der Waals surface area contributed by atoms with Gasteiger partial charge in [-0.05, 0) is 31.3 Å². The summed E-state index contributed by atoms with van der Waals surface area (Å²) in [5.74, 6) is -2.99. The van der Waals surface area contributed by atoms with E-state index >= 15 is 0 Å². The summed E-state index contributed by atoms with van der Waals surface area (Å²) in [6.45, 7) is 3.41. The molecule has 2 saturated heterocycles. The maximum Gasteiger partial charge on any atom is 0.219 e. The molecule has 9 N–H and O–H groups in total. The minimum Gasteiger partial charge on any atom is -0.391 e. The Labute approximate surface area is 228 Å². The molecule has 3 rings (SSSR count). The molecule has 2 heterocycles. The van der Waals surface area contributed by atoms with Gasteiger partial charge in [-0.3, -0.25) is 4.79 Å². The molecule has 226 valence electrons. The molecule has 3 fully saturated rings. The molecule has 0 aromatic rings. The van der Waals surface area contributed by atoms with Gasteiger partial charge in [0, 0.05) is 22.8 Å². The van der Waals surface area contributed by atoms with Gasteiger partial charge in [0.25, 0.3) is 0 Å². The van der Waals surface area contributed by atoms with E-state index in [0.29, 0.717) is 0 Å². The normalized spacial score (nSPS) is 45.0. The van der Waals surface area contributed by atoms with Gasteiger partial charge in [0.1, 0.15) is 49.3 Å². The monoisotopic (exact) mass is 576 g/mol. The molecule has 0 spiro atoms. The van der Waals surface area contributed by atoms with Crippen molar-refractivity contribution in [3.63, 3.8) is 0 Å². The first-order valence-electron chi connectivity index (χ1n) is 12.6. The van der Waals surface area contributed by atoms with Crippen LogP contribution in [0.4, 0.5) is 0 Å². The van der Waals surface area contributed by atoms with Crippen LogP contribution in [0.2, 0.25) is 0 Å². The number of amides is 1. The van der Waals surface area contributed by atoms with E-state index in [4.69, 9.17) is 30.2 Å². The highest BCUT2D eigenvalue weighted by Crippen LogP contribution is 2.37. The van der Waals surface area contributed by atoms with E-state index in [1.165, 1.54) is 20.8 Å². The lowest BCUT2D eigenvalue weighted by Crippen LogP contribution is -2.67. The van der Waals surface area contributed by atoms with Gasteiger partial charge in [0.2, 0.25) is 11.7 Å². The number of hydrogen-bond acceptors (Lipinski definition) is 14. The molecule has 0 aromatic heterocycles. The average Bonchev–Trinajstić information content (AvgIpc) is 3.17. The Balaban J connectivity index is 2.03. The first kappa shape index (κ1) is 32.2. The van der Waals surface area contributed by atoms with E-state index in [9.17, 15) is 41.0 Å². The summed E-state index contributed by atoms with van der Waals surface area (Å²) < 4.78 is 22.8. The van der Waals surface area contributed by atoms with Gasteiger partial charge in [-0.25, -0.2) is 0 Å². The van der Waals surface area contributed by atoms with Gasteiger partial charge >= 0.3 is 0 Å². The van der Waals surface area contributed by atoms with Gasteiger partial charge in [0.05, 0.1) is 30.4 Å². The summed E-state index contributed by atoms with van der Waals surface area (Å²) in [7, 11) is 0. The number of nitrogens with zero attached hydrogens (tertiary/aromatic N) is 6.